The van der Waals surface area contributed by atoms with E-state index in [1.165, 1.54) is 12.1 Å². The zero-order chi connectivity index (χ0) is 38.1. The number of aromatic nitrogens is 1. The molecule has 3 aromatic carbocycles. The van der Waals surface area contributed by atoms with Gasteiger partial charge in [0.1, 0.15) is 0 Å². The molecule has 52 heavy (non-hydrogen) atoms. The number of hydrogen-bond donors (Lipinski definition) is 5. The van der Waals surface area contributed by atoms with Gasteiger partial charge in [-0.15, -0.1) is 0 Å². The first-order valence-corrected chi connectivity index (χ1v) is 18.0. The van der Waals surface area contributed by atoms with E-state index in [2.05, 4.69) is 39.4 Å². The molecule has 0 amide bonds. The van der Waals surface area contributed by atoms with E-state index >= 15 is 0 Å². The molecule has 0 aliphatic carbocycles. The first-order chi connectivity index (χ1) is 24.4. The summed E-state index contributed by atoms with van der Waals surface area (Å²) in [4.78, 5) is 23.1. The number of nitrogens with zero attached hydrogens (tertiary/aromatic N) is 2. The van der Waals surface area contributed by atoms with E-state index < -0.39 is 34.2 Å². The van der Waals surface area contributed by atoms with Crippen molar-refractivity contribution in [3.63, 3.8) is 0 Å². The molecule has 2 heterocycles. The summed E-state index contributed by atoms with van der Waals surface area (Å²) >= 11 is 0. The van der Waals surface area contributed by atoms with Crippen molar-refractivity contribution in [3.05, 3.63) is 95.7 Å². The number of carbonyl (C=O) groups is 2. The highest BCUT2D eigenvalue weighted by Gasteiger charge is 2.38. The lowest BCUT2D eigenvalue weighted by molar-refractivity contribution is -0.192. The number of β-amino-alcohol motifs (C(OH)–C–C–N with tert-alkyl or cyclic N) is 1. The number of aryl methyl sites for hydroxylation is 1. The van der Waals surface area contributed by atoms with Gasteiger partial charge in [-0.1, -0.05) is 30.3 Å². The lowest BCUT2D eigenvalue weighted by Crippen LogP contribution is -2.42. The van der Waals surface area contributed by atoms with Crippen LogP contribution in [0.2, 0.25) is 0 Å². The Labute approximate surface area is 299 Å². The van der Waals surface area contributed by atoms with Gasteiger partial charge in [-0.3, -0.25) is 9.62 Å². The van der Waals surface area contributed by atoms with E-state index in [9.17, 15) is 36.6 Å². The van der Waals surface area contributed by atoms with Gasteiger partial charge in [-0.05, 0) is 74.4 Å². The second-order valence-corrected chi connectivity index (χ2v) is 14.6. The summed E-state index contributed by atoms with van der Waals surface area (Å²) in [6.07, 6.45) is -4.34. The van der Waals surface area contributed by atoms with Crippen LogP contribution in [0.5, 0.6) is 0 Å². The summed E-state index contributed by atoms with van der Waals surface area (Å²) < 4.78 is 67.6. The molecule has 16 heteroatoms. The number of hydrogen-bond acceptors (Lipinski definition) is 8. The normalized spacial score (nSPS) is 14.7. The SMILES string of the molecule is CC(C)(CCn1c(CCN2CCOCC2)cc2cc(C(=O)O)ccc21)NC[C@H](O)c1cccc(NS(=O)(=O)c2ccccc2)c1.O=C(O)C(F)(F)F. The number of morpholine rings is 1. The molecule has 4 aromatic rings. The number of fused-ring (bicyclic) bond motifs is 1. The molecule has 0 bridgehead atoms. The summed E-state index contributed by atoms with van der Waals surface area (Å²) in [6, 6.07) is 22.3. The zero-order valence-electron chi connectivity index (χ0n) is 28.8. The Hall–Kier alpha value is -4.48. The molecule has 0 spiro atoms. The minimum atomic E-state index is -5.08. The molecule has 5 rings (SSSR count). The van der Waals surface area contributed by atoms with Crippen LogP contribution in [-0.2, 0) is 32.5 Å². The van der Waals surface area contributed by atoms with Crippen molar-refractivity contribution in [2.75, 3.05) is 44.1 Å². The molecule has 12 nitrogen and oxygen atoms in total. The van der Waals surface area contributed by atoms with Gasteiger partial charge in [0.2, 0.25) is 0 Å². The molecule has 0 unspecified atom stereocenters. The predicted octanol–water partition coefficient (Wildman–Crippen LogP) is 5.14. The Morgan fingerprint density at radius 2 is 1.60 bits per heavy atom. The number of ether oxygens (including phenoxy) is 1. The molecule has 1 aliphatic heterocycles. The Bertz CT molecular complexity index is 1930. The minimum absolute atomic E-state index is 0.168. The van der Waals surface area contributed by atoms with Crippen molar-refractivity contribution in [1.29, 1.82) is 0 Å². The topological polar surface area (TPSA) is 170 Å². The van der Waals surface area contributed by atoms with Crippen LogP contribution in [0, 0.1) is 0 Å². The number of carboxylic acid groups (broad SMARTS) is 2. The maximum atomic E-state index is 12.8. The first-order valence-electron chi connectivity index (χ1n) is 16.5. The Morgan fingerprint density at radius 1 is 0.923 bits per heavy atom. The molecular weight excluding hydrogens is 705 g/mol. The molecule has 282 valence electrons. The van der Waals surface area contributed by atoms with Crippen molar-refractivity contribution in [2.24, 2.45) is 0 Å². The fourth-order valence-electron chi connectivity index (χ4n) is 5.62. The van der Waals surface area contributed by atoms with Crippen LogP contribution in [-0.4, -0.2) is 96.3 Å². The van der Waals surface area contributed by atoms with Crippen molar-refractivity contribution in [3.8, 4) is 0 Å². The van der Waals surface area contributed by atoms with Gasteiger partial charge in [-0.25, -0.2) is 18.0 Å². The number of nitrogens with one attached hydrogen (secondary N) is 2. The van der Waals surface area contributed by atoms with E-state index in [1.54, 1.807) is 54.6 Å². The van der Waals surface area contributed by atoms with Crippen LogP contribution in [0.1, 0.15) is 48.0 Å². The lowest BCUT2D eigenvalue weighted by atomic mass is 9.99. The third-order valence-electron chi connectivity index (χ3n) is 8.58. The van der Waals surface area contributed by atoms with Crippen molar-refractivity contribution in [2.45, 2.75) is 55.9 Å². The molecule has 1 atom stereocenters. The smallest absolute Gasteiger partial charge is 0.478 e. The van der Waals surface area contributed by atoms with Crippen LogP contribution in [0.25, 0.3) is 10.9 Å². The van der Waals surface area contributed by atoms with Crippen LogP contribution >= 0.6 is 0 Å². The summed E-state index contributed by atoms with van der Waals surface area (Å²) in [5, 5.41) is 32.1. The van der Waals surface area contributed by atoms with E-state index in [-0.39, 0.29) is 22.5 Å². The maximum Gasteiger partial charge on any atom is 0.490 e. The molecule has 1 fully saturated rings. The fraction of sp³-hybridized carbons (Fsp3) is 0.389. The predicted molar refractivity (Wildman–Crippen MR) is 189 cm³/mol. The number of rotatable bonds is 14. The largest absolute Gasteiger partial charge is 0.490 e. The monoisotopic (exact) mass is 748 g/mol. The number of carboxylic acids is 2. The average Bonchev–Trinajstić information content (AvgIpc) is 3.46. The highest BCUT2D eigenvalue weighted by atomic mass is 32.2. The third-order valence-corrected chi connectivity index (χ3v) is 9.97. The fourth-order valence-corrected chi connectivity index (χ4v) is 6.69. The second-order valence-electron chi connectivity index (χ2n) is 12.9. The van der Waals surface area contributed by atoms with E-state index in [4.69, 9.17) is 14.6 Å². The van der Waals surface area contributed by atoms with Gasteiger partial charge in [0, 0.05) is 67.0 Å². The summed E-state index contributed by atoms with van der Waals surface area (Å²) in [7, 11) is -3.74. The number of sulfonamides is 1. The van der Waals surface area contributed by atoms with E-state index in [1.807, 2.05) is 6.07 Å². The molecule has 1 saturated heterocycles. The first kappa shape index (κ1) is 40.3. The van der Waals surface area contributed by atoms with E-state index in [0.717, 1.165) is 62.3 Å². The summed E-state index contributed by atoms with van der Waals surface area (Å²) in [5.74, 6) is -3.70. The van der Waals surface area contributed by atoms with Gasteiger partial charge < -0.3 is 29.9 Å². The van der Waals surface area contributed by atoms with Crippen LogP contribution in [0.15, 0.2) is 83.8 Å². The summed E-state index contributed by atoms with van der Waals surface area (Å²) in [6.45, 7) is 9.36. The molecule has 0 radical (unpaired) electrons. The highest BCUT2D eigenvalue weighted by Crippen LogP contribution is 2.26. The van der Waals surface area contributed by atoms with Crippen molar-refractivity contribution < 1.29 is 51.2 Å². The van der Waals surface area contributed by atoms with Gasteiger partial charge in [0.25, 0.3) is 10.0 Å². The Kier molecular flexibility index (Phi) is 13.5. The van der Waals surface area contributed by atoms with Gasteiger partial charge in [0.15, 0.2) is 0 Å². The number of aliphatic hydroxyl groups is 1. The lowest BCUT2D eigenvalue weighted by Gasteiger charge is -2.29. The molecule has 1 aliphatic rings. The summed E-state index contributed by atoms with van der Waals surface area (Å²) in [5.41, 5.74) is 3.07. The number of benzene rings is 3. The van der Waals surface area contributed by atoms with Gasteiger partial charge in [0.05, 0.1) is 29.8 Å². The van der Waals surface area contributed by atoms with E-state index in [0.29, 0.717) is 17.8 Å². The van der Waals surface area contributed by atoms with Gasteiger partial charge in [-0.2, -0.15) is 13.2 Å². The number of alkyl halides is 3. The Balaban J connectivity index is 0.000000785. The molecule has 0 saturated carbocycles. The van der Waals surface area contributed by atoms with Gasteiger partial charge >= 0.3 is 18.1 Å². The zero-order valence-corrected chi connectivity index (χ0v) is 29.6. The Morgan fingerprint density at radius 3 is 2.23 bits per heavy atom. The van der Waals surface area contributed by atoms with Crippen molar-refractivity contribution in [1.82, 2.24) is 14.8 Å². The quantitative estimate of drug-likeness (QED) is 0.116. The highest BCUT2D eigenvalue weighted by molar-refractivity contribution is 7.92. The molecule has 5 N–H and O–H groups in total. The van der Waals surface area contributed by atoms with Crippen LogP contribution in [0.3, 0.4) is 0 Å². The number of aromatic carboxylic acids is 1. The third kappa shape index (κ3) is 11.5. The number of halogens is 3. The number of aliphatic hydroxyl groups excluding tert-OH is 1. The maximum absolute atomic E-state index is 12.8. The van der Waals surface area contributed by atoms with Crippen LogP contribution < -0.4 is 10.0 Å². The molecular formula is C36H43F3N4O8S. The average molecular weight is 749 g/mol. The molecule has 1 aromatic heterocycles. The minimum Gasteiger partial charge on any atom is -0.478 e. The van der Waals surface area contributed by atoms with Crippen molar-refractivity contribution >= 4 is 38.6 Å². The number of aliphatic carboxylic acids is 1. The second kappa shape index (κ2) is 17.4. The number of anilines is 1. The standard InChI is InChI=1S/C34H42N4O6S.C2HF3O2/c1-34(2,35-24-32(39)25-7-6-8-28(22-25)36-45(42,43)30-9-4-3-5-10-30)14-16-38-29(13-15-37-17-19-44-20-18-37)23-27-21-26(33(40)41)11-12-31(27)38;3-2(4,5)1(6)7/h3-12,21-23,32,35-36,39H,13-20,24H2,1-2H3,(H,40,41);(H,6,7)/t32-;/m0./s1. The van der Waals surface area contributed by atoms with Crippen LogP contribution in [0.4, 0.5) is 18.9 Å².